The van der Waals surface area contributed by atoms with Gasteiger partial charge in [0.05, 0.1) is 7.11 Å². The van der Waals surface area contributed by atoms with Crippen molar-refractivity contribution in [2.45, 2.75) is 38.5 Å². The van der Waals surface area contributed by atoms with Gasteiger partial charge in [0.2, 0.25) is 0 Å². The summed E-state index contributed by atoms with van der Waals surface area (Å²) in [6.45, 7) is 1.74. The van der Waals surface area contributed by atoms with Crippen LogP contribution >= 0.6 is 0 Å². The molecule has 138 valence electrons. The molecule has 0 saturated carbocycles. The van der Waals surface area contributed by atoms with Crippen LogP contribution in [0.5, 0.6) is 5.75 Å². The first-order valence-corrected chi connectivity index (χ1v) is 9.44. The van der Waals surface area contributed by atoms with Crippen LogP contribution in [0.3, 0.4) is 0 Å². The molecule has 1 heterocycles. The molecular weight excluding hydrogens is 324 g/mol. The Kier molecular flexibility index (Phi) is 6.88. The topological polar surface area (TPSA) is 59.1 Å². The number of ether oxygens (including phenoxy) is 1. The highest BCUT2D eigenvalue weighted by atomic mass is 16.5. The maximum Gasteiger partial charge on any atom is 0.131 e. The largest absolute Gasteiger partial charge is 0.497 e. The lowest BCUT2D eigenvalue weighted by Gasteiger charge is -2.13. The van der Waals surface area contributed by atoms with E-state index in [2.05, 4.69) is 38.8 Å². The zero-order valence-corrected chi connectivity index (χ0v) is 15.5. The molecule has 0 atom stereocenters. The number of benzene rings is 1. The van der Waals surface area contributed by atoms with Crippen molar-refractivity contribution in [2.75, 3.05) is 30.8 Å². The van der Waals surface area contributed by atoms with Gasteiger partial charge in [0.15, 0.2) is 0 Å². The molecule has 1 aromatic carbocycles. The molecule has 1 aromatic heterocycles. The number of hydrogen-bond acceptors (Lipinski definition) is 5. The van der Waals surface area contributed by atoms with Crippen molar-refractivity contribution >= 4 is 11.6 Å². The summed E-state index contributed by atoms with van der Waals surface area (Å²) in [6, 6.07) is 10.1. The lowest BCUT2D eigenvalue weighted by Crippen LogP contribution is -2.09. The van der Waals surface area contributed by atoms with Gasteiger partial charge in [-0.25, -0.2) is 9.97 Å². The Bertz CT molecular complexity index is 729. The second-order valence-corrected chi connectivity index (χ2v) is 6.60. The van der Waals surface area contributed by atoms with Crippen LogP contribution in [0.4, 0.5) is 11.6 Å². The summed E-state index contributed by atoms with van der Waals surface area (Å²) >= 11 is 0. The molecule has 26 heavy (non-hydrogen) atoms. The quantitative estimate of drug-likeness (QED) is 0.653. The molecule has 0 saturated heterocycles. The van der Waals surface area contributed by atoms with Gasteiger partial charge < -0.3 is 15.4 Å². The summed E-state index contributed by atoms with van der Waals surface area (Å²) < 4.78 is 5.26. The van der Waals surface area contributed by atoms with E-state index >= 15 is 0 Å². The lowest BCUT2D eigenvalue weighted by molar-refractivity contribution is 0.414. The molecule has 0 amide bonds. The van der Waals surface area contributed by atoms with Gasteiger partial charge in [0.25, 0.3) is 0 Å². The Morgan fingerprint density at radius 3 is 2.54 bits per heavy atom. The van der Waals surface area contributed by atoms with Crippen molar-refractivity contribution in [3.05, 3.63) is 53.9 Å². The van der Waals surface area contributed by atoms with Gasteiger partial charge in [0.1, 0.15) is 23.7 Å². The van der Waals surface area contributed by atoms with Crippen LogP contribution in [0.15, 0.2) is 48.3 Å². The molecule has 0 bridgehead atoms. The Morgan fingerprint density at radius 2 is 1.81 bits per heavy atom. The predicted octanol–water partition coefficient (Wildman–Crippen LogP) is 4.44. The van der Waals surface area contributed by atoms with Crippen molar-refractivity contribution in [3.63, 3.8) is 0 Å². The first-order chi connectivity index (χ1) is 12.8. The number of nitrogens with zero attached hydrogens (tertiary/aromatic N) is 2. The molecule has 2 N–H and O–H groups in total. The number of rotatable bonds is 9. The molecular formula is C21H28N4O. The van der Waals surface area contributed by atoms with Gasteiger partial charge in [0, 0.05) is 19.2 Å². The third-order valence-electron chi connectivity index (χ3n) is 4.66. The lowest BCUT2D eigenvalue weighted by atomic mass is 9.97. The van der Waals surface area contributed by atoms with Crippen LogP contribution in [0.2, 0.25) is 0 Å². The summed E-state index contributed by atoms with van der Waals surface area (Å²) in [5, 5.41) is 6.77. The molecule has 1 aliphatic rings. The van der Waals surface area contributed by atoms with E-state index in [1.54, 1.807) is 19.0 Å². The Labute approximate surface area is 155 Å². The fourth-order valence-electron chi connectivity index (χ4n) is 3.20. The highest BCUT2D eigenvalue weighted by Gasteiger charge is 2.04. The average molecular weight is 352 g/mol. The van der Waals surface area contributed by atoms with Crippen molar-refractivity contribution in [3.8, 4) is 5.75 Å². The Hall–Kier alpha value is -2.56. The van der Waals surface area contributed by atoms with Gasteiger partial charge in [-0.2, -0.15) is 0 Å². The molecule has 5 heteroatoms. The Morgan fingerprint density at radius 1 is 1.00 bits per heavy atom. The molecule has 0 spiro atoms. The van der Waals surface area contributed by atoms with Crippen molar-refractivity contribution in [2.24, 2.45) is 0 Å². The van der Waals surface area contributed by atoms with E-state index < -0.39 is 0 Å². The smallest absolute Gasteiger partial charge is 0.131 e. The molecule has 0 fully saturated rings. The van der Waals surface area contributed by atoms with Gasteiger partial charge in [-0.1, -0.05) is 23.8 Å². The summed E-state index contributed by atoms with van der Waals surface area (Å²) in [4.78, 5) is 8.62. The van der Waals surface area contributed by atoms with Gasteiger partial charge in [-0.15, -0.1) is 0 Å². The highest BCUT2D eigenvalue weighted by molar-refractivity contribution is 5.46. The van der Waals surface area contributed by atoms with Crippen molar-refractivity contribution in [1.82, 2.24) is 9.97 Å². The number of nitrogens with one attached hydrogen (secondary N) is 2. The van der Waals surface area contributed by atoms with Crippen LogP contribution in [0.25, 0.3) is 0 Å². The highest BCUT2D eigenvalue weighted by Crippen LogP contribution is 2.20. The average Bonchev–Trinajstić information content (AvgIpc) is 2.69. The summed E-state index contributed by atoms with van der Waals surface area (Å²) in [5.74, 6) is 2.62. The standard InChI is InChI=1S/C21H28N4O/c1-26-19-9-5-8-18(14-19)11-13-23-21-15-20(24-16-25-21)22-12-10-17-6-3-2-4-7-17/h5-6,8-9,14-16H,2-4,7,10-13H2,1H3,(H2,22,23,24,25). The number of hydrogen-bond donors (Lipinski definition) is 2. The minimum Gasteiger partial charge on any atom is -0.497 e. The first kappa shape index (κ1) is 18.2. The van der Waals surface area contributed by atoms with Crippen LogP contribution < -0.4 is 15.4 Å². The third-order valence-corrected chi connectivity index (χ3v) is 4.66. The van der Waals surface area contributed by atoms with Crippen LogP contribution in [-0.2, 0) is 6.42 Å². The number of allylic oxidation sites excluding steroid dienone is 1. The molecule has 0 aliphatic heterocycles. The van der Waals surface area contributed by atoms with Crippen LogP contribution in [-0.4, -0.2) is 30.2 Å². The molecule has 0 unspecified atom stereocenters. The van der Waals surface area contributed by atoms with E-state index in [0.29, 0.717) is 0 Å². The van der Waals surface area contributed by atoms with Crippen LogP contribution in [0.1, 0.15) is 37.7 Å². The van der Waals surface area contributed by atoms with Gasteiger partial charge >= 0.3 is 0 Å². The van der Waals surface area contributed by atoms with E-state index in [4.69, 9.17) is 4.74 Å². The monoisotopic (exact) mass is 352 g/mol. The second kappa shape index (κ2) is 9.80. The number of aromatic nitrogens is 2. The van der Waals surface area contributed by atoms with Gasteiger partial charge in [-0.05, 0) is 56.2 Å². The van der Waals surface area contributed by atoms with E-state index in [1.807, 2.05) is 18.2 Å². The number of methoxy groups -OCH3 is 1. The van der Waals surface area contributed by atoms with E-state index in [-0.39, 0.29) is 0 Å². The maximum atomic E-state index is 5.26. The van der Waals surface area contributed by atoms with E-state index in [0.717, 1.165) is 43.3 Å². The SMILES string of the molecule is COc1cccc(CCNc2cc(NCCC3=CCCCC3)ncn2)c1. The normalized spacial score (nSPS) is 13.8. The van der Waals surface area contributed by atoms with Crippen molar-refractivity contribution in [1.29, 1.82) is 0 Å². The zero-order valence-electron chi connectivity index (χ0n) is 15.5. The van der Waals surface area contributed by atoms with Crippen LogP contribution in [0, 0.1) is 0 Å². The minimum atomic E-state index is 0.816. The molecule has 3 rings (SSSR count). The molecule has 0 radical (unpaired) electrons. The Balaban J connectivity index is 1.43. The molecule has 2 aromatic rings. The van der Waals surface area contributed by atoms with E-state index in [1.165, 1.54) is 31.2 Å². The summed E-state index contributed by atoms with van der Waals surface area (Å²) in [6.07, 6.45) is 11.2. The number of anilines is 2. The van der Waals surface area contributed by atoms with Crippen molar-refractivity contribution < 1.29 is 4.74 Å². The molecule has 5 nitrogen and oxygen atoms in total. The third kappa shape index (κ3) is 5.76. The predicted molar refractivity (Wildman–Crippen MR) is 107 cm³/mol. The van der Waals surface area contributed by atoms with E-state index in [9.17, 15) is 0 Å². The minimum absolute atomic E-state index is 0.816. The first-order valence-electron chi connectivity index (χ1n) is 9.44. The summed E-state index contributed by atoms with van der Waals surface area (Å²) in [7, 11) is 1.69. The molecule has 1 aliphatic carbocycles. The zero-order chi connectivity index (χ0) is 18.0. The second-order valence-electron chi connectivity index (χ2n) is 6.60. The maximum absolute atomic E-state index is 5.26. The van der Waals surface area contributed by atoms with Gasteiger partial charge in [-0.3, -0.25) is 0 Å². The fraction of sp³-hybridized carbons (Fsp3) is 0.429. The summed E-state index contributed by atoms with van der Waals surface area (Å²) in [5.41, 5.74) is 2.82. The fourth-order valence-corrected chi connectivity index (χ4v) is 3.20.